The predicted octanol–water partition coefficient (Wildman–Crippen LogP) is 8.51. The van der Waals surface area contributed by atoms with Crippen LogP contribution in [-0.2, 0) is 4.79 Å². The maximum Gasteiger partial charge on any atom is 0.303 e. The summed E-state index contributed by atoms with van der Waals surface area (Å²) in [7, 11) is 0. The van der Waals surface area contributed by atoms with Crippen molar-refractivity contribution in [3.63, 3.8) is 0 Å². The first-order chi connectivity index (χ1) is 14.7. The molecular weight excluding hydrogens is 392 g/mol. The lowest BCUT2D eigenvalue weighted by Crippen LogP contribution is -2.66. The van der Waals surface area contributed by atoms with Gasteiger partial charge in [0.1, 0.15) is 0 Å². The van der Waals surface area contributed by atoms with Crippen molar-refractivity contribution in [3.8, 4) is 0 Å². The summed E-state index contributed by atoms with van der Waals surface area (Å²) in [4.78, 5) is 11.6. The molecule has 2 heteroatoms. The summed E-state index contributed by atoms with van der Waals surface area (Å²) in [6.45, 7) is 22.2. The van der Waals surface area contributed by atoms with Gasteiger partial charge in [-0.05, 0) is 114 Å². The van der Waals surface area contributed by atoms with E-state index in [1.165, 1.54) is 57.8 Å². The highest BCUT2D eigenvalue weighted by Gasteiger charge is 2.69. The summed E-state index contributed by atoms with van der Waals surface area (Å²) < 4.78 is 0. The van der Waals surface area contributed by atoms with Crippen molar-refractivity contribution in [2.45, 2.75) is 119 Å². The van der Waals surface area contributed by atoms with Gasteiger partial charge in [0.2, 0.25) is 0 Å². The number of hydrogen-bond donors (Lipinski definition) is 1. The molecule has 0 heterocycles. The van der Waals surface area contributed by atoms with Crippen molar-refractivity contribution in [1.29, 1.82) is 0 Å². The first kappa shape index (κ1) is 24.3. The average molecular weight is 443 g/mol. The Bertz CT molecular complexity index is 784. The van der Waals surface area contributed by atoms with Crippen LogP contribution in [-0.4, -0.2) is 11.1 Å². The summed E-state index contributed by atoms with van der Waals surface area (Å²) in [6.07, 6.45) is 15.2. The van der Waals surface area contributed by atoms with Crippen molar-refractivity contribution in [2.75, 3.05) is 0 Å². The highest BCUT2D eigenvalue weighted by atomic mass is 16.4. The second-order valence-electron chi connectivity index (χ2n) is 14.7. The van der Waals surface area contributed by atoms with Gasteiger partial charge in [0, 0.05) is 6.42 Å². The monoisotopic (exact) mass is 442 g/mol. The third-order valence-electron chi connectivity index (χ3n) is 12.7. The minimum absolute atomic E-state index is 0.0564. The summed E-state index contributed by atoms with van der Waals surface area (Å²) in [5.74, 6) is 1.27. The van der Waals surface area contributed by atoms with Gasteiger partial charge in [0.15, 0.2) is 0 Å². The van der Waals surface area contributed by atoms with Crippen LogP contribution in [0.25, 0.3) is 0 Å². The Hall–Kier alpha value is -0.790. The molecule has 0 radical (unpaired) electrons. The van der Waals surface area contributed by atoms with E-state index in [1.807, 2.05) is 0 Å². The van der Waals surface area contributed by atoms with E-state index < -0.39 is 5.97 Å². The molecule has 2 nitrogen and oxygen atoms in total. The standard InChI is InChI=1S/C30H50O2/c1-9-26(4)13-12-22-28(6,21(26)10-11-24(31)32)17-19-30(8)23-20-25(2,3)14-15-27(23,5)16-18-29(22,30)7/h9,21-23H,1,10-20H2,2-8H3,(H,31,32)/t21-,22+,23-,26+,27-,28+,29-,30+/m1/s1. The Morgan fingerprint density at radius 3 is 2.09 bits per heavy atom. The van der Waals surface area contributed by atoms with E-state index >= 15 is 0 Å². The minimum atomic E-state index is -0.646. The second kappa shape index (κ2) is 7.35. The predicted molar refractivity (Wildman–Crippen MR) is 133 cm³/mol. The van der Waals surface area contributed by atoms with Gasteiger partial charge < -0.3 is 5.11 Å². The molecule has 4 saturated carbocycles. The van der Waals surface area contributed by atoms with Crippen molar-refractivity contribution >= 4 is 5.97 Å². The van der Waals surface area contributed by atoms with Crippen LogP contribution < -0.4 is 0 Å². The molecule has 0 aliphatic heterocycles. The molecule has 0 amide bonds. The molecule has 0 aromatic carbocycles. The summed E-state index contributed by atoms with van der Waals surface area (Å²) in [5.41, 5.74) is 1.97. The summed E-state index contributed by atoms with van der Waals surface area (Å²) in [6, 6.07) is 0. The van der Waals surface area contributed by atoms with Gasteiger partial charge in [-0.2, -0.15) is 0 Å². The van der Waals surface area contributed by atoms with Crippen LogP contribution in [0.3, 0.4) is 0 Å². The van der Waals surface area contributed by atoms with Gasteiger partial charge in [-0.3, -0.25) is 4.79 Å². The van der Waals surface area contributed by atoms with Crippen LogP contribution in [0, 0.1) is 50.2 Å². The number of rotatable bonds is 4. The zero-order valence-corrected chi connectivity index (χ0v) is 22.2. The first-order valence-corrected chi connectivity index (χ1v) is 13.5. The minimum Gasteiger partial charge on any atom is -0.481 e. The number of carboxylic acid groups (broad SMARTS) is 1. The topological polar surface area (TPSA) is 37.3 Å². The van der Waals surface area contributed by atoms with Crippen LogP contribution in [0.15, 0.2) is 12.7 Å². The van der Waals surface area contributed by atoms with Gasteiger partial charge in [-0.15, -0.1) is 6.58 Å². The largest absolute Gasteiger partial charge is 0.481 e. The molecule has 0 unspecified atom stereocenters. The molecule has 182 valence electrons. The SMILES string of the molecule is C=C[C@@]1(C)CC[C@H]2[C@@](C)(CC[C@@]3(C)[C@@H]4CC(C)(C)CC[C@]4(C)CC[C@]23C)[C@@H]1CCC(=O)O. The van der Waals surface area contributed by atoms with Crippen LogP contribution in [0.4, 0.5) is 0 Å². The highest BCUT2D eigenvalue weighted by Crippen LogP contribution is 2.77. The number of aliphatic carboxylic acids is 1. The fourth-order valence-electron chi connectivity index (χ4n) is 10.3. The smallest absolute Gasteiger partial charge is 0.303 e. The average Bonchev–Trinajstić information content (AvgIpc) is 2.70. The van der Waals surface area contributed by atoms with E-state index in [0.29, 0.717) is 39.9 Å². The molecule has 1 N–H and O–H groups in total. The fourth-order valence-corrected chi connectivity index (χ4v) is 10.3. The van der Waals surface area contributed by atoms with Crippen molar-refractivity contribution in [2.24, 2.45) is 50.2 Å². The third kappa shape index (κ3) is 3.28. The third-order valence-corrected chi connectivity index (χ3v) is 12.7. The molecule has 4 fully saturated rings. The molecule has 4 rings (SSSR count). The van der Waals surface area contributed by atoms with Crippen molar-refractivity contribution in [3.05, 3.63) is 12.7 Å². The van der Waals surface area contributed by atoms with E-state index in [0.717, 1.165) is 12.3 Å². The Labute approximate surface area is 198 Å². The Morgan fingerprint density at radius 2 is 1.47 bits per heavy atom. The lowest BCUT2D eigenvalue weighted by molar-refractivity contribution is -0.247. The maximum absolute atomic E-state index is 11.6. The molecule has 0 spiro atoms. The van der Waals surface area contributed by atoms with Gasteiger partial charge >= 0.3 is 5.97 Å². The summed E-state index contributed by atoms with van der Waals surface area (Å²) >= 11 is 0. The number of carboxylic acids is 1. The van der Waals surface area contributed by atoms with Gasteiger partial charge in [0.05, 0.1) is 0 Å². The number of hydrogen-bond acceptors (Lipinski definition) is 1. The van der Waals surface area contributed by atoms with Crippen molar-refractivity contribution < 1.29 is 9.90 Å². The highest BCUT2D eigenvalue weighted by molar-refractivity contribution is 5.66. The molecule has 0 aromatic rings. The van der Waals surface area contributed by atoms with Crippen molar-refractivity contribution in [1.82, 2.24) is 0 Å². The van der Waals surface area contributed by atoms with E-state index in [1.54, 1.807) is 0 Å². The number of fused-ring (bicyclic) bond motifs is 5. The van der Waals surface area contributed by atoms with Gasteiger partial charge in [0.25, 0.3) is 0 Å². The maximum atomic E-state index is 11.6. The van der Waals surface area contributed by atoms with Crippen LogP contribution in [0.1, 0.15) is 119 Å². The second-order valence-corrected chi connectivity index (χ2v) is 14.7. The molecule has 4 aliphatic carbocycles. The van der Waals surface area contributed by atoms with Gasteiger partial charge in [-0.25, -0.2) is 0 Å². The fraction of sp³-hybridized carbons (Fsp3) is 0.900. The Balaban J connectivity index is 1.74. The summed E-state index contributed by atoms with van der Waals surface area (Å²) in [5, 5.41) is 9.53. The molecule has 0 saturated heterocycles. The molecule has 4 aliphatic rings. The lowest BCUT2D eigenvalue weighted by Gasteiger charge is -2.74. The van der Waals surface area contributed by atoms with Gasteiger partial charge in [-0.1, -0.05) is 54.5 Å². The van der Waals surface area contributed by atoms with Crippen LogP contribution >= 0.6 is 0 Å². The Morgan fingerprint density at radius 1 is 0.875 bits per heavy atom. The van der Waals surface area contributed by atoms with Crippen LogP contribution in [0.2, 0.25) is 0 Å². The lowest BCUT2D eigenvalue weighted by atomic mass is 9.31. The number of carbonyl (C=O) groups is 1. The Kier molecular flexibility index (Phi) is 5.59. The van der Waals surface area contributed by atoms with E-state index in [4.69, 9.17) is 0 Å². The molecule has 0 bridgehead atoms. The molecular formula is C30H50O2. The van der Waals surface area contributed by atoms with E-state index in [-0.39, 0.29) is 10.8 Å². The zero-order chi connectivity index (χ0) is 23.8. The van der Waals surface area contributed by atoms with E-state index in [2.05, 4.69) is 61.1 Å². The zero-order valence-electron chi connectivity index (χ0n) is 22.2. The molecule has 32 heavy (non-hydrogen) atoms. The van der Waals surface area contributed by atoms with E-state index in [9.17, 15) is 9.90 Å². The normalized spacial score (nSPS) is 52.3. The quantitative estimate of drug-likeness (QED) is 0.443. The first-order valence-electron chi connectivity index (χ1n) is 13.5. The number of allylic oxidation sites excluding steroid dienone is 1. The van der Waals surface area contributed by atoms with Crippen LogP contribution in [0.5, 0.6) is 0 Å². The molecule has 8 atom stereocenters. The molecule has 0 aromatic heterocycles.